The lowest BCUT2D eigenvalue weighted by Gasteiger charge is -2.43. The molecule has 37 heavy (non-hydrogen) atoms. The number of nitrogens with one attached hydrogen (secondary N) is 1. The van der Waals surface area contributed by atoms with Crippen LogP contribution in [-0.2, 0) is 6.42 Å². The van der Waals surface area contributed by atoms with Crippen molar-refractivity contribution in [2.45, 2.75) is 44.9 Å². The predicted molar refractivity (Wildman–Crippen MR) is 139 cm³/mol. The molecule has 192 valence electrons. The number of hydrogen-bond acceptors (Lipinski definition) is 2. The number of para-hydroxylation sites is 1. The van der Waals surface area contributed by atoms with Gasteiger partial charge in [0.15, 0.2) is 0 Å². The van der Waals surface area contributed by atoms with Gasteiger partial charge in [0, 0.05) is 45.3 Å². The third-order valence-electron chi connectivity index (χ3n) is 6.96. The number of carbonyl (C=O) groups is 1. The number of fused-ring (bicyclic) bond motifs is 3. The Labute approximate surface area is 217 Å². The molecule has 3 aromatic carbocycles. The van der Waals surface area contributed by atoms with Crippen LogP contribution in [-0.4, -0.2) is 39.2 Å². The molecule has 8 heteroatoms. The minimum Gasteiger partial charge on any atom is -0.478 e. The van der Waals surface area contributed by atoms with Gasteiger partial charge in [-0.25, -0.2) is 18.0 Å². The Balaban J connectivity index is 1.68. The van der Waals surface area contributed by atoms with Crippen LogP contribution in [0.1, 0.15) is 54.0 Å². The van der Waals surface area contributed by atoms with Gasteiger partial charge in [-0.15, -0.1) is 0 Å². The highest BCUT2D eigenvalue weighted by Gasteiger charge is 2.41. The van der Waals surface area contributed by atoms with E-state index in [2.05, 4.69) is 4.98 Å². The first kappa shape index (κ1) is 25.4. The van der Waals surface area contributed by atoms with Crippen LogP contribution >= 0.6 is 11.6 Å². The van der Waals surface area contributed by atoms with Crippen LogP contribution in [0.3, 0.4) is 0 Å². The summed E-state index contributed by atoms with van der Waals surface area (Å²) in [6, 6.07) is 13.0. The van der Waals surface area contributed by atoms with Crippen molar-refractivity contribution in [1.82, 2.24) is 9.88 Å². The molecule has 0 unspecified atom stereocenters. The number of rotatable bonds is 5. The van der Waals surface area contributed by atoms with Gasteiger partial charge >= 0.3 is 5.97 Å². The van der Waals surface area contributed by atoms with E-state index in [1.807, 2.05) is 36.1 Å². The summed E-state index contributed by atoms with van der Waals surface area (Å²) < 4.78 is 46.7. The van der Waals surface area contributed by atoms with Crippen LogP contribution in [0.25, 0.3) is 22.0 Å². The average molecular weight is 527 g/mol. The number of nitrogens with zero attached hydrogens (tertiary/aromatic N) is 1. The number of alkyl halides is 1. The second-order valence-corrected chi connectivity index (χ2v) is 10.7. The summed E-state index contributed by atoms with van der Waals surface area (Å²) in [5, 5.41) is 10.2. The van der Waals surface area contributed by atoms with Gasteiger partial charge in [-0.2, -0.15) is 0 Å². The molecule has 1 aromatic heterocycles. The number of H-pyrrole nitrogens is 1. The summed E-state index contributed by atoms with van der Waals surface area (Å²) in [6.07, 6.45) is 0.610. The molecule has 1 aliphatic heterocycles. The lowest BCUT2D eigenvalue weighted by Crippen LogP contribution is -2.48. The molecule has 0 spiro atoms. The Morgan fingerprint density at radius 2 is 1.81 bits per heavy atom. The van der Waals surface area contributed by atoms with Gasteiger partial charge in [0.05, 0.1) is 11.6 Å². The maximum Gasteiger partial charge on any atom is 0.335 e. The van der Waals surface area contributed by atoms with Crippen LogP contribution in [0.2, 0.25) is 5.02 Å². The Morgan fingerprint density at radius 1 is 1.14 bits per heavy atom. The predicted octanol–water partition coefficient (Wildman–Crippen LogP) is 7.55. The molecule has 0 amide bonds. The quantitative estimate of drug-likeness (QED) is 0.282. The Bertz CT molecular complexity index is 1500. The zero-order chi connectivity index (χ0) is 26.6. The summed E-state index contributed by atoms with van der Waals surface area (Å²) in [6.45, 7) is 4.83. The van der Waals surface area contributed by atoms with Gasteiger partial charge < -0.3 is 10.1 Å². The second-order valence-electron chi connectivity index (χ2n) is 10.3. The van der Waals surface area contributed by atoms with E-state index in [0.29, 0.717) is 17.7 Å². The molecular weight excluding hydrogens is 501 g/mol. The zero-order valence-corrected chi connectivity index (χ0v) is 21.3. The Kier molecular flexibility index (Phi) is 6.32. The fourth-order valence-electron chi connectivity index (χ4n) is 5.38. The average Bonchev–Trinajstić information content (AvgIpc) is 3.17. The lowest BCUT2D eigenvalue weighted by molar-refractivity contribution is 0.0643. The maximum atomic E-state index is 15.9. The fraction of sp³-hybridized carbons (Fsp3) is 0.276. The lowest BCUT2D eigenvalue weighted by atomic mass is 9.86. The van der Waals surface area contributed by atoms with E-state index in [4.69, 9.17) is 11.6 Å². The van der Waals surface area contributed by atoms with Gasteiger partial charge in [0.1, 0.15) is 17.3 Å². The van der Waals surface area contributed by atoms with Crippen molar-refractivity contribution in [2.24, 2.45) is 0 Å². The van der Waals surface area contributed by atoms with Crippen LogP contribution in [0.4, 0.5) is 13.2 Å². The molecule has 0 fully saturated rings. The second kappa shape index (κ2) is 9.23. The van der Waals surface area contributed by atoms with Crippen LogP contribution in [0.15, 0.2) is 54.6 Å². The SMILES string of the molecule is C[C@@H]1Cc2c([nH]c3ccccc23)[C@@H](c2c(F)cc(-c3ccc(C(=O)O)cc3Cl)cc2F)N1CC(C)(C)F. The molecule has 4 aromatic rings. The maximum absolute atomic E-state index is 15.9. The largest absolute Gasteiger partial charge is 0.478 e. The van der Waals surface area contributed by atoms with Crippen molar-refractivity contribution in [2.75, 3.05) is 6.54 Å². The molecule has 0 saturated carbocycles. The van der Waals surface area contributed by atoms with Crippen molar-refractivity contribution in [3.63, 3.8) is 0 Å². The van der Waals surface area contributed by atoms with E-state index < -0.39 is 29.3 Å². The minimum absolute atomic E-state index is 0.0171. The van der Waals surface area contributed by atoms with Gasteiger partial charge in [-0.05, 0) is 68.7 Å². The molecule has 0 saturated heterocycles. The molecule has 2 heterocycles. The van der Waals surface area contributed by atoms with Crippen LogP contribution in [0, 0.1) is 11.6 Å². The molecule has 2 atom stereocenters. The normalized spacial score (nSPS) is 18.2. The molecule has 5 rings (SSSR count). The summed E-state index contributed by atoms with van der Waals surface area (Å²) in [4.78, 5) is 16.4. The number of halogens is 4. The number of carboxylic acids is 1. The highest BCUT2D eigenvalue weighted by atomic mass is 35.5. The zero-order valence-electron chi connectivity index (χ0n) is 20.6. The molecule has 0 radical (unpaired) electrons. The van der Waals surface area contributed by atoms with Crippen molar-refractivity contribution in [3.05, 3.63) is 93.6 Å². The molecule has 1 aliphatic rings. The minimum atomic E-state index is -1.59. The third-order valence-corrected chi connectivity index (χ3v) is 7.27. The van der Waals surface area contributed by atoms with Crippen LogP contribution < -0.4 is 0 Å². The van der Waals surface area contributed by atoms with Gasteiger partial charge in [-0.3, -0.25) is 4.90 Å². The monoisotopic (exact) mass is 526 g/mol. The first-order valence-corrected chi connectivity index (χ1v) is 12.4. The Hall–Kier alpha value is -3.29. The summed E-state index contributed by atoms with van der Waals surface area (Å²) >= 11 is 6.27. The van der Waals surface area contributed by atoms with E-state index in [-0.39, 0.29) is 34.3 Å². The third kappa shape index (κ3) is 4.62. The van der Waals surface area contributed by atoms with E-state index in [1.165, 1.54) is 44.2 Å². The van der Waals surface area contributed by atoms with Crippen molar-refractivity contribution >= 4 is 28.5 Å². The fourth-order valence-corrected chi connectivity index (χ4v) is 5.67. The standard InChI is InChI=1S/C29H26ClF3N2O2/c1-15-10-20-19-6-4-5-7-24(19)34-26(20)27(35(15)14-29(2,3)33)25-22(31)12-17(13-23(25)32)18-9-8-16(28(36)37)11-21(18)30/h4-9,11-13,15,27,34H,10,14H2,1-3H3,(H,36,37)/t15-,27-/m1/s1. The number of benzene rings is 3. The topological polar surface area (TPSA) is 56.3 Å². The van der Waals surface area contributed by atoms with E-state index in [0.717, 1.165) is 16.5 Å². The molecule has 0 aliphatic carbocycles. The molecular formula is C29H26ClF3N2O2. The number of carboxylic acid groups (broad SMARTS) is 1. The van der Waals surface area contributed by atoms with Crippen LogP contribution in [0.5, 0.6) is 0 Å². The highest BCUT2D eigenvalue weighted by Crippen LogP contribution is 2.44. The van der Waals surface area contributed by atoms with E-state index >= 15 is 8.78 Å². The number of aromatic nitrogens is 1. The Morgan fingerprint density at radius 3 is 2.43 bits per heavy atom. The number of aromatic amines is 1. The highest BCUT2D eigenvalue weighted by molar-refractivity contribution is 6.33. The van der Waals surface area contributed by atoms with Crippen molar-refractivity contribution in [1.29, 1.82) is 0 Å². The molecule has 2 N–H and O–H groups in total. The molecule has 0 bridgehead atoms. The number of aromatic carboxylic acids is 1. The van der Waals surface area contributed by atoms with Crippen molar-refractivity contribution < 1.29 is 23.1 Å². The number of hydrogen-bond donors (Lipinski definition) is 2. The molecule has 4 nitrogen and oxygen atoms in total. The first-order valence-electron chi connectivity index (χ1n) is 12.0. The van der Waals surface area contributed by atoms with Gasteiger partial charge in [0.2, 0.25) is 0 Å². The van der Waals surface area contributed by atoms with Gasteiger partial charge in [-0.1, -0.05) is 35.9 Å². The smallest absolute Gasteiger partial charge is 0.335 e. The summed E-state index contributed by atoms with van der Waals surface area (Å²) in [5.41, 5.74) is 1.16. The summed E-state index contributed by atoms with van der Waals surface area (Å²) in [7, 11) is 0. The first-order chi connectivity index (χ1) is 17.4. The van der Waals surface area contributed by atoms with E-state index in [1.54, 1.807) is 0 Å². The van der Waals surface area contributed by atoms with Crippen molar-refractivity contribution in [3.8, 4) is 11.1 Å². The van der Waals surface area contributed by atoms with Gasteiger partial charge in [0.25, 0.3) is 0 Å². The van der Waals surface area contributed by atoms with E-state index in [9.17, 15) is 14.3 Å². The summed E-state index contributed by atoms with van der Waals surface area (Å²) in [5.74, 6) is -2.74.